The van der Waals surface area contributed by atoms with Crippen LogP contribution in [0, 0.1) is 0 Å². The number of thiocarbonyl (C=S) groups is 1. The van der Waals surface area contributed by atoms with Crippen LogP contribution in [0.2, 0.25) is 0 Å². The van der Waals surface area contributed by atoms with Gasteiger partial charge in [0.15, 0.2) is 5.11 Å². The van der Waals surface area contributed by atoms with Gasteiger partial charge in [-0.3, -0.25) is 0 Å². The summed E-state index contributed by atoms with van der Waals surface area (Å²) in [5, 5.41) is 17.6. The van der Waals surface area contributed by atoms with Gasteiger partial charge in [0.25, 0.3) is 0 Å². The number of amides is 1. The van der Waals surface area contributed by atoms with E-state index >= 15 is 0 Å². The second-order valence-corrected chi connectivity index (χ2v) is 6.07. The molecule has 1 aromatic rings. The minimum absolute atomic E-state index is 0.128. The Morgan fingerprint density at radius 1 is 1.17 bits per heavy atom. The summed E-state index contributed by atoms with van der Waals surface area (Å²) in [6.45, 7) is 6.04. The second kappa shape index (κ2) is 8.33. The average molecular weight is 339 g/mol. The minimum atomic E-state index is -1.04. The third kappa shape index (κ3) is 7.46. The highest BCUT2D eigenvalue weighted by molar-refractivity contribution is 7.80. The highest BCUT2D eigenvalue weighted by Gasteiger charge is 2.15. The van der Waals surface area contributed by atoms with Crippen molar-refractivity contribution in [3.8, 4) is 0 Å². The van der Waals surface area contributed by atoms with Crippen molar-refractivity contribution in [2.45, 2.75) is 26.4 Å². The number of alkyl carbamates (subject to hydrolysis) is 1. The maximum absolute atomic E-state index is 11.4. The van der Waals surface area contributed by atoms with Crippen molar-refractivity contribution in [3.05, 3.63) is 29.8 Å². The van der Waals surface area contributed by atoms with E-state index < -0.39 is 17.7 Å². The fourth-order valence-electron chi connectivity index (χ4n) is 1.60. The first-order chi connectivity index (χ1) is 10.7. The van der Waals surface area contributed by atoms with Crippen molar-refractivity contribution < 1.29 is 19.4 Å². The van der Waals surface area contributed by atoms with Crippen LogP contribution in [-0.4, -0.2) is 41.0 Å². The Labute approximate surface area is 140 Å². The minimum Gasteiger partial charge on any atom is -0.478 e. The molecule has 4 N–H and O–H groups in total. The standard InChI is InChI=1S/C15H21N3O4S/c1-15(2,3)22-14(21)17-9-8-16-13(23)18-11-7-5-4-6-10(11)12(19)20/h4-7H,8-9H2,1-3H3,(H,17,21)(H,19,20)(H2,16,18,23). The Morgan fingerprint density at radius 3 is 2.39 bits per heavy atom. The first-order valence-corrected chi connectivity index (χ1v) is 7.44. The van der Waals surface area contributed by atoms with E-state index in [2.05, 4.69) is 16.0 Å². The number of anilines is 1. The van der Waals surface area contributed by atoms with Gasteiger partial charge in [0, 0.05) is 13.1 Å². The zero-order valence-electron chi connectivity index (χ0n) is 13.3. The van der Waals surface area contributed by atoms with E-state index in [1.807, 2.05) is 0 Å². The molecule has 0 spiro atoms. The molecule has 0 unspecified atom stereocenters. The van der Waals surface area contributed by atoms with Crippen molar-refractivity contribution in [1.82, 2.24) is 10.6 Å². The molecule has 0 fully saturated rings. The van der Waals surface area contributed by atoms with Gasteiger partial charge in [-0.2, -0.15) is 0 Å². The van der Waals surface area contributed by atoms with Crippen LogP contribution in [0.4, 0.5) is 10.5 Å². The van der Waals surface area contributed by atoms with Gasteiger partial charge in [0.2, 0.25) is 0 Å². The van der Waals surface area contributed by atoms with Gasteiger partial charge in [0.1, 0.15) is 5.60 Å². The third-order valence-corrected chi connectivity index (χ3v) is 2.73. The summed E-state index contributed by atoms with van der Waals surface area (Å²) in [5.74, 6) is -1.04. The molecule has 23 heavy (non-hydrogen) atoms. The smallest absolute Gasteiger partial charge is 0.407 e. The number of hydrogen-bond donors (Lipinski definition) is 4. The maximum Gasteiger partial charge on any atom is 0.407 e. The molecule has 7 nitrogen and oxygen atoms in total. The van der Waals surface area contributed by atoms with Crippen LogP contribution in [0.1, 0.15) is 31.1 Å². The number of hydrogen-bond acceptors (Lipinski definition) is 4. The molecule has 0 aliphatic heterocycles. The Kier molecular flexibility index (Phi) is 6.77. The monoisotopic (exact) mass is 339 g/mol. The third-order valence-electron chi connectivity index (χ3n) is 2.48. The first-order valence-electron chi connectivity index (χ1n) is 7.03. The van der Waals surface area contributed by atoms with E-state index in [-0.39, 0.29) is 10.7 Å². The van der Waals surface area contributed by atoms with Crippen LogP contribution >= 0.6 is 12.2 Å². The summed E-state index contributed by atoms with van der Waals surface area (Å²) in [7, 11) is 0. The van der Waals surface area contributed by atoms with E-state index in [0.29, 0.717) is 18.8 Å². The van der Waals surface area contributed by atoms with E-state index in [4.69, 9.17) is 22.1 Å². The van der Waals surface area contributed by atoms with Crippen molar-refractivity contribution >= 4 is 35.1 Å². The SMILES string of the molecule is CC(C)(C)OC(=O)NCCNC(=S)Nc1ccccc1C(=O)O. The average Bonchev–Trinajstić information content (AvgIpc) is 2.42. The summed E-state index contributed by atoms with van der Waals surface area (Å²) < 4.78 is 5.09. The molecule has 0 radical (unpaired) electrons. The Bertz CT molecular complexity index is 584. The maximum atomic E-state index is 11.4. The Hall–Kier alpha value is -2.35. The van der Waals surface area contributed by atoms with Crippen LogP contribution in [0.25, 0.3) is 0 Å². The van der Waals surface area contributed by atoms with Crippen molar-refractivity contribution in [2.24, 2.45) is 0 Å². The van der Waals surface area contributed by atoms with Crippen LogP contribution in [0.3, 0.4) is 0 Å². The fraction of sp³-hybridized carbons (Fsp3) is 0.400. The van der Waals surface area contributed by atoms with Gasteiger partial charge in [-0.1, -0.05) is 12.1 Å². The number of carbonyl (C=O) groups is 2. The van der Waals surface area contributed by atoms with Crippen LogP contribution in [0.15, 0.2) is 24.3 Å². The number of rotatable bonds is 5. The molecule has 8 heteroatoms. The lowest BCUT2D eigenvalue weighted by Crippen LogP contribution is -2.39. The number of carboxylic acids is 1. The molecular formula is C15H21N3O4S. The summed E-state index contributed by atoms with van der Waals surface area (Å²) in [5.41, 5.74) is -0.0179. The molecule has 0 saturated heterocycles. The number of ether oxygens (including phenoxy) is 1. The molecule has 1 aromatic carbocycles. The summed E-state index contributed by atoms with van der Waals surface area (Å²) in [6.07, 6.45) is -0.505. The van der Waals surface area contributed by atoms with Crippen LogP contribution in [0.5, 0.6) is 0 Å². The van der Waals surface area contributed by atoms with Crippen molar-refractivity contribution in [1.29, 1.82) is 0 Å². The highest BCUT2D eigenvalue weighted by atomic mass is 32.1. The van der Waals surface area contributed by atoms with E-state index in [1.165, 1.54) is 6.07 Å². The van der Waals surface area contributed by atoms with E-state index in [9.17, 15) is 9.59 Å². The van der Waals surface area contributed by atoms with Crippen LogP contribution < -0.4 is 16.0 Å². The first kappa shape index (κ1) is 18.7. The van der Waals surface area contributed by atoms with Crippen molar-refractivity contribution in [2.75, 3.05) is 18.4 Å². The largest absolute Gasteiger partial charge is 0.478 e. The summed E-state index contributed by atoms with van der Waals surface area (Å²) >= 11 is 5.09. The fourth-order valence-corrected chi connectivity index (χ4v) is 1.81. The van der Waals surface area contributed by atoms with E-state index in [1.54, 1.807) is 39.0 Å². The highest BCUT2D eigenvalue weighted by Crippen LogP contribution is 2.14. The van der Waals surface area contributed by atoms with Gasteiger partial charge in [-0.05, 0) is 45.1 Å². The second-order valence-electron chi connectivity index (χ2n) is 5.66. The molecule has 126 valence electrons. The molecule has 0 saturated carbocycles. The molecule has 1 amide bonds. The van der Waals surface area contributed by atoms with Gasteiger partial charge in [0.05, 0.1) is 11.3 Å². The zero-order valence-corrected chi connectivity index (χ0v) is 14.1. The lowest BCUT2D eigenvalue weighted by atomic mass is 10.2. The predicted molar refractivity (Wildman–Crippen MR) is 91.9 cm³/mol. The molecule has 0 heterocycles. The number of carboxylic acid groups (broad SMARTS) is 1. The van der Waals surface area contributed by atoms with E-state index in [0.717, 1.165) is 0 Å². The number of nitrogens with one attached hydrogen (secondary N) is 3. The zero-order chi connectivity index (χ0) is 17.5. The summed E-state index contributed by atoms with van der Waals surface area (Å²) in [6, 6.07) is 6.45. The topological polar surface area (TPSA) is 99.7 Å². The number of para-hydroxylation sites is 1. The van der Waals surface area contributed by atoms with Crippen LogP contribution in [-0.2, 0) is 4.74 Å². The molecule has 0 aliphatic carbocycles. The number of aromatic carboxylic acids is 1. The Balaban J connectivity index is 2.36. The number of carbonyl (C=O) groups excluding carboxylic acids is 1. The van der Waals surface area contributed by atoms with Crippen molar-refractivity contribution in [3.63, 3.8) is 0 Å². The number of benzene rings is 1. The molecule has 1 rings (SSSR count). The van der Waals surface area contributed by atoms with Gasteiger partial charge >= 0.3 is 12.1 Å². The molecule has 0 aliphatic rings. The van der Waals surface area contributed by atoms with Gasteiger partial charge in [-0.15, -0.1) is 0 Å². The lowest BCUT2D eigenvalue weighted by molar-refractivity contribution is 0.0528. The van der Waals surface area contributed by atoms with Gasteiger partial charge < -0.3 is 25.8 Å². The predicted octanol–water partition coefficient (Wildman–Crippen LogP) is 2.20. The molecular weight excluding hydrogens is 318 g/mol. The molecule has 0 atom stereocenters. The Morgan fingerprint density at radius 2 is 1.78 bits per heavy atom. The normalized spacial score (nSPS) is 10.6. The molecule has 0 aromatic heterocycles. The lowest BCUT2D eigenvalue weighted by Gasteiger charge is -2.19. The molecule has 0 bridgehead atoms. The van der Waals surface area contributed by atoms with Gasteiger partial charge in [-0.25, -0.2) is 9.59 Å². The quantitative estimate of drug-likeness (QED) is 0.482. The summed E-state index contributed by atoms with van der Waals surface area (Å²) in [4.78, 5) is 22.5.